The Morgan fingerprint density at radius 2 is 2.00 bits per heavy atom. The highest BCUT2D eigenvalue weighted by Gasteiger charge is 2.46. The predicted molar refractivity (Wildman–Crippen MR) is 82.2 cm³/mol. The lowest BCUT2D eigenvalue weighted by molar-refractivity contribution is -0.190. The van der Waals surface area contributed by atoms with Crippen LogP contribution in [-0.4, -0.2) is 49.8 Å². The summed E-state index contributed by atoms with van der Waals surface area (Å²) < 4.78 is 16.3. The standard InChI is InChI=1S/C17H23NO5/c1-17(21-8-9-22-17)10-15-14(16(19)20-2)12-23-18(15)11-13-6-4-3-5-7-13/h3-7,14-15H,8-12H2,1-2H3/t14-,15+/m1/s1. The van der Waals surface area contributed by atoms with Gasteiger partial charge in [-0.3, -0.25) is 9.63 Å². The van der Waals surface area contributed by atoms with E-state index in [9.17, 15) is 4.79 Å². The Morgan fingerprint density at radius 1 is 1.30 bits per heavy atom. The van der Waals surface area contributed by atoms with Crippen LogP contribution < -0.4 is 0 Å². The molecule has 1 aromatic carbocycles. The van der Waals surface area contributed by atoms with E-state index in [1.54, 1.807) is 0 Å². The monoisotopic (exact) mass is 321 g/mol. The van der Waals surface area contributed by atoms with Gasteiger partial charge >= 0.3 is 5.97 Å². The molecule has 2 atom stereocenters. The fraction of sp³-hybridized carbons (Fsp3) is 0.588. The van der Waals surface area contributed by atoms with Gasteiger partial charge in [-0.25, -0.2) is 0 Å². The Kier molecular flexibility index (Phi) is 4.96. The fourth-order valence-electron chi connectivity index (χ4n) is 3.18. The number of hydroxylamine groups is 2. The Labute approximate surface area is 136 Å². The van der Waals surface area contributed by atoms with Crippen molar-refractivity contribution >= 4 is 5.97 Å². The molecule has 0 amide bonds. The summed E-state index contributed by atoms with van der Waals surface area (Å²) in [5, 5.41) is 1.85. The van der Waals surface area contributed by atoms with Crippen molar-refractivity contribution in [3.63, 3.8) is 0 Å². The van der Waals surface area contributed by atoms with Crippen LogP contribution in [0.15, 0.2) is 30.3 Å². The van der Waals surface area contributed by atoms with E-state index in [2.05, 4.69) is 0 Å². The predicted octanol–water partition coefficient (Wildman–Crippen LogP) is 1.74. The molecule has 6 nitrogen and oxygen atoms in total. The Balaban J connectivity index is 1.75. The number of hydrogen-bond donors (Lipinski definition) is 0. The number of nitrogens with zero attached hydrogens (tertiary/aromatic N) is 1. The molecule has 23 heavy (non-hydrogen) atoms. The van der Waals surface area contributed by atoms with Crippen molar-refractivity contribution in [3.05, 3.63) is 35.9 Å². The SMILES string of the molecule is COC(=O)[C@@H]1CON(Cc2ccccc2)[C@H]1CC1(C)OCCO1. The molecule has 0 radical (unpaired) electrons. The largest absolute Gasteiger partial charge is 0.469 e. The number of ether oxygens (including phenoxy) is 3. The number of hydrogen-bond acceptors (Lipinski definition) is 6. The van der Waals surface area contributed by atoms with E-state index in [1.165, 1.54) is 7.11 Å². The van der Waals surface area contributed by atoms with Crippen LogP contribution in [0.4, 0.5) is 0 Å². The first-order chi connectivity index (χ1) is 11.1. The van der Waals surface area contributed by atoms with Crippen LogP contribution in [0.5, 0.6) is 0 Å². The summed E-state index contributed by atoms with van der Waals surface area (Å²) >= 11 is 0. The van der Waals surface area contributed by atoms with Crippen molar-refractivity contribution in [2.75, 3.05) is 26.9 Å². The van der Waals surface area contributed by atoms with E-state index in [-0.39, 0.29) is 17.9 Å². The van der Waals surface area contributed by atoms with Crippen LogP contribution in [0.1, 0.15) is 18.9 Å². The summed E-state index contributed by atoms with van der Waals surface area (Å²) in [6, 6.07) is 9.88. The molecular weight excluding hydrogens is 298 g/mol. The molecule has 0 aromatic heterocycles. The topological polar surface area (TPSA) is 57.2 Å². The van der Waals surface area contributed by atoms with E-state index in [1.807, 2.05) is 42.3 Å². The Morgan fingerprint density at radius 3 is 2.65 bits per heavy atom. The normalized spacial score (nSPS) is 27.2. The number of carbonyl (C=O) groups is 1. The van der Waals surface area contributed by atoms with Crippen molar-refractivity contribution in [1.82, 2.24) is 5.06 Å². The summed E-state index contributed by atoms with van der Waals surface area (Å²) in [5.74, 6) is -1.28. The summed E-state index contributed by atoms with van der Waals surface area (Å²) in [5.41, 5.74) is 1.13. The average Bonchev–Trinajstić information content (AvgIpc) is 3.15. The maximum Gasteiger partial charge on any atom is 0.312 e. The molecule has 2 saturated heterocycles. The van der Waals surface area contributed by atoms with Crippen molar-refractivity contribution in [3.8, 4) is 0 Å². The van der Waals surface area contributed by atoms with Gasteiger partial charge in [0.2, 0.25) is 0 Å². The number of esters is 1. The van der Waals surface area contributed by atoms with Crippen molar-refractivity contribution in [2.24, 2.45) is 5.92 Å². The van der Waals surface area contributed by atoms with Gasteiger partial charge in [0, 0.05) is 13.0 Å². The molecule has 2 fully saturated rings. The second-order valence-corrected chi connectivity index (χ2v) is 6.09. The molecule has 0 spiro atoms. The highest BCUT2D eigenvalue weighted by molar-refractivity contribution is 5.73. The van der Waals surface area contributed by atoms with Crippen LogP contribution in [0.25, 0.3) is 0 Å². The number of carbonyl (C=O) groups excluding carboxylic acids is 1. The van der Waals surface area contributed by atoms with E-state index < -0.39 is 5.79 Å². The van der Waals surface area contributed by atoms with Crippen LogP contribution in [0.2, 0.25) is 0 Å². The maximum atomic E-state index is 12.1. The van der Waals surface area contributed by atoms with E-state index in [4.69, 9.17) is 19.0 Å². The van der Waals surface area contributed by atoms with Gasteiger partial charge in [0.15, 0.2) is 5.79 Å². The van der Waals surface area contributed by atoms with Crippen LogP contribution in [0, 0.1) is 5.92 Å². The molecule has 126 valence electrons. The number of benzene rings is 1. The summed E-state index contributed by atoms with van der Waals surface area (Å²) in [6.07, 6.45) is 0.555. The molecule has 2 aliphatic rings. The molecule has 1 aromatic rings. The minimum absolute atomic E-state index is 0.147. The summed E-state index contributed by atoms with van der Waals surface area (Å²) in [4.78, 5) is 17.9. The first-order valence-electron chi connectivity index (χ1n) is 7.90. The lowest BCUT2D eigenvalue weighted by Gasteiger charge is -2.31. The van der Waals surface area contributed by atoms with Crippen LogP contribution in [-0.2, 0) is 30.4 Å². The maximum absolute atomic E-state index is 12.1. The molecule has 2 aliphatic heterocycles. The van der Waals surface area contributed by atoms with Gasteiger partial charge < -0.3 is 14.2 Å². The van der Waals surface area contributed by atoms with Crippen LogP contribution >= 0.6 is 0 Å². The molecule has 2 heterocycles. The first kappa shape index (κ1) is 16.4. The van der Waals surface area contributed by atoms with Gasteiger partial charge in [-0.15, -0.1) is 0 Å². The first-order valence-corrected chi connectivity index (χ1v) is 7.90. The zero-order chi connectivity index (χ0) is 16.3. The van der Waals surface area contributed by atoms with Crippen LogP contribution in [0.3, 0.4) is 0 Å². The van der Waals surface area contributed by atoms with Gasteiger partial charge in [0.1, 0.15) is 5.92 Å². The quantitative estimate of drug-likeness (QED) is 0.770. The zero-order valence-corrected chi connectivity index (χ0v) is 13.6. The fourth-order valence-corrected chi connectivity index (χ4v) is 3.18. The van der Waals surface area contributed by atoms with Gasteiger partial charge in [-0.2, -0.15) is 5.06 Å². The molecular formula is C17H23NO5. The third-order valence-corrected chi connectivity index (χ3v) is 4.42. The molecule has 0 aliphatic carbocycles. The van der Waals surface area contributed by atoms with Gasteiger partial charge in [-0.05, 0) is 12.5 Å². The molecule has 6 heteroatoms. The highest BCUT2D eigenvalue weighted by atomic mass is 16.7. The van der Waals surface area contributed by atoms with E-state index in [0.29, 0.717) is 32.8 Å². The van der Waals surface area contributed by atoms with Crippen molar-refractivity contribution < 1.29 is 23.8 Å². The highest BCUT2D eigenvalue weighted by Crippen LogP contribution is 2.34. The van der Waals surface area contributed by atoms with E-state index in [0.717, 1.165) is 5.56 Å². The number of rotatable bonds is 5. The third kappa shape index (κ3) is 3.72. The molecule has 0 N–H and O–H groups in total. The third-order valence-electron chi connectivity index (χ3n) is 4.42. The smallest absolute Gasteiger partial charge is 0.312 e. The zero-order valence-electron chi connectivity index (χ0n) is 13.6. The van der Waals surface area contributed by atoms with E-state index >= 15 is 0 Å². The van der Waals surface area contributed by atoms with Crippen molar-refractivity contribution in [1.29, 1.82) is 0 Å². The Hall–Kier alpha value is -1.47. The van der Waals surface area contributed by atoms with Gasteiger partial charge in [0.25, 0.3) is 0 Å². The molecule has 0 unspecified atom stereocenters. The second kappa shape index (κ2) is 6.97. The van der Waals surface area contributed by atoms with Gasteiger partial charge in [0.05, 0.1) is 33.0 Å². The minimum atomic E-state index is -0.681. The summed E-state index contributed by atoms with van der Waals surface area (Å²) in [6.45, 7) is 3.99. The molecule has 3 rings (SSSR count). The lowest BCUT2D eigenvalue weighted by Crippen LogP contribution is -2.42. The second-order valence-electron chi connectivity index (χ2n) is 6.09. The van der Waals surface area contributed by atoms with Gasteiger partial charge in [-0.1, -0.05) is 30.3 Å². The lowest BCUT2D eigenvalue weighted by atomic mass is 9.94. The molecule has 0 saturated carbocycles. The Bertz CT molecular complexity index is 529. The average molecular weight is 321 g/mol. The minimum Gasteiger partial charge on any atom is -0.469 e. The molecule has 0 bridgehead atoms. The van der Waals surface area contributed by atoms with Crippen molar-refractivity contribution in [2.45, 2.75) is 31.7 Å². The summed E-state index contributed by atoms with van der Waals surface area (Å²) in [7, 11) is 1.41. The number of methoxy groups -OCH3 is 1.